The predicted octanol–water partition coefficient (Wildman–Crippen LogP) is -1.07. The van der Waals surface area contributed by atoms with Gasteiger partial charge in [0.15, 0.2) is 0 Å². The normalized spacial score (nSPS) is 14.7. The quantitative estimate of drug-likeness (QED) is 0.590. The van der Waals surface area contributed by atoms with E-state index >= 15 is 0 Å². The van der Waals surface area contributed by atoms with Gasteiger partial charge in [0.25, 0.3) is 0 Å². The molecule has 2 aromatic rings. The maximum atomic E-state index is 10.5. The Hall–Kier alpha value is -1.33. The van der Waals surface area contributed by atoms with E-state index in [-0.39, 0.29) is 36.0 Å². The van der Waals surface area contributed by atoms with Gasteiger partial charge in [0.1, 0.15) is 0 Å². The molecule has 0 spiro atoms. The van der Waals surface area contributed by atoms with Gasteiger partial charge in [0.05, 0.1) is 0 Å². The molecule has 5 heteroatoms. The second-order valence-electron chi connectivity index (χ2n) is 6.63. The van der Waals surface area contributed by atoms with Crippen molar-refractivity contribution < 1.29 is 39.5 Å². The Balaban J connectivity index is 0.00000243. The molecule has 0 aliphatic carbocycles. The Morgan fingerprint density at radius 2 is 1.50 bits per heavy atom. The van der Waals surface area contributed by atoms with Crippen LogP contribution in [0.1, 0.15) is 24.0 Å². The number of carbonyl (C=O) groups is 1. The third-order valence-electron chi connectivity index (χ3n) is 4.78. The molecule has 0 N–H and O–H groups in total. The summed E-state index contributed by atoms with van der Waals surface area (Å²) < 4.78 is 0. The summed E-state index contributed by atoms with van der Waals surface area (Å²) in [5.74, 6) is -0.950. The van der Waals surface area contributed by atoms with E-state index in [0.717, 1.165) is 39.1 Å². The van der Waals surface area contributed by atoms with E-state index in [1.54, 1.807) is 0 Å². The molecule has 2 aromatic carbocycles. The fourth-order valence-electron chi connectivity index (χ4n) is 3.33. The van der Waals surface area contributed by atoms with Crippen molar-refractivity contribution in [2.45, 2.75) is 19.3 Å². The van der Waals surface area contributed by atoms with Crippen LogP contribution in [0.4, 0.5) is 5.69 Å². The first-order valence-corrected chi connectivity index (χ1v) is 9.01. The molecule has 0 atom stereocenters. The molecule has 0 radical (unpaired) electrons. The molecule has 0 amide bonds. The van der Waals surface area contributed by atoms with Gasteiger partial charge < -0.3 is 14.8 Å². The Morgan fingerprint density at radius 1 is 0.885 bits per heavy atom. The zero-order valence-corrected chi connectivity index (χ0v) is 17.6. The second-order valence-corrected chi connectivity index (χ2v) is 6.63. The molecule has 4 nitrogen and oxygen atoms in total. The fourth-order valence-corrected chi connectivity index (χ4v) is 3.33. The van der Waals surface area contributed by atoms with Gasteiger partial charge in [0.2, 0.25) is 0 Å². The van der Waals surface area contributed by atoms with Gasteiger partial charge in [0, 0.05) is 37.8 Å². The van der Waals surface area contributed by atoms with E-state index in [2.05, 4.69) is 58.3 Å². The SMILES string of the molecule is O=C([O-])CCCN1CCN(c2ccc(Cc3ccccc3)cc2)CC1.[Na+]. The van der Waals surface area contributed by atoms with Crippen molar-refractivity contribution in [1.29, 1.82) is 0 Å². The van der Waals surface area contributed by atoms with E-state index in [1.807, 2.05) is 6.07 Å². The van der Waals surface area contributed by atoms with Crippen LogP contribution in [-0.2, 0) is 11.2 Å². The Bertz CT molecular complexity index is 668. The third-order valence-corrected chi connectivity index (χ3v) is 4.78. The molecule has 0 unspecified atom stereocenters. The topological polar surface area (TPSA) is 46.6 Å². The van der Waals surface area contributed by atoms with Gasteiger partial charge in [-0.15, -0.1) is 0 Å². The summed E-state index contributed by atoms with van der Waals surface area (Å²) in [6, 6.07) is 19.4. The van der Waals surface area contributed by atoms with Crippen LogP contribution in [-0.4, -0.2) is 43.6 Å². The summed E-state index contributed by atoms with van der Waals surface area (Å²) in [4.78, 5) is 15.2. The number of hydrogen-bond donors (Lipinski definition) is 0. The average molecular weight is 360 g/mol. The number of anilines is 1. The van der Waals surface area contributed by atoms with Gasteiger partial charge in [-0.2, -0.15) is 0 Å². The summed E-state index contributed by atoms with van der Waals surface area (Å²) >= 11 is 0. The summed E-state index contributed by atoms with van der Waals surface area (Å²) in [6.45, 7) is 4.79. The Kier molecular flexibility index (Phi) is 8.66. The van der Waals surface area contributed by atoms with Gasteiger partial charge in [-0.3, -0.25) is 4.90 Å². The van der Waals surface area contributed by atoms with Crippen molar-refractivity contribution >= 4 is 11.7 Å². The van der Waals surface area contributed by atoms with Crippen molar-refractivity contribution in [3.63, 3.8) is 0 Å². The first-order valence-electron chi connectivity index (χ1n) is 9.01. The van der Waals surface area contributed by atoms with Gasteiger partial charge >= 0.3 is 29.6 Å². The standard InChI is InChI=1S/C21H26N2O2.Na/c24-21(25)7-4-12-22-13-15-23(16-14-22)20-10-8-19(9-11-20)17-18-5-2-1-3-6-18;/h1-3,5-6,8-11H,4,7,12-17H2,(H,24,25);/q;+1/p-1. The van der Waals surface area contributed by atoms with E-state index in [1.165, 1.54) is 16.8 Å². The van der Waals surface area contributed by atoms with Crippen molar-refractivity contribution in [2.75, 3.05) is 37.6 Å². The van der Waals surface area contributed by atoms with Crippen molar-refractivity contribution in [3.8, 4) is 0 Å². The number of hydrogen-bond acceptors (Lipinski definition) is 4. The molecule has 1 aliphatic heterocycles. The molecular formula is C21H25N2NaO2. The van der Waals surface area contributed by atoms with Crippen LogP contribution in [0.3, 0.4) is 0 Å². The number of rotatable bonds is 7. The van der Waals surface area contributed by atoms with E-state index in [9.17, 15) is 9.90 Å². The summed E-state index contributed by atoms with van der Waals surface area (Å²) in [6.07, 6.45) is 1.80. The zero-order chi connectivity index (χ0) is 17.5. The monoisotopic (exact) mass is 360 g/mol. The Morgan fingerprint density at radius 3 is 2.12 bits per heavy atom. The number of carboxylic acid groups (broad SMARTS) is 1. The maximum Gasteiger partial charge on any atom is 1.00 e. The molecule has 0 saturated carbocycles. The van der Waals surface area contributed by atoms with Crippen LogP contribution in [0.2, 0.25) is 0 Å². The minimum Gasteiger partial charge on any atom is -0.550 e. The van der Waals surface area contributed by atoms with Crippen LogP contribution >= 0.6 is 0 Å². The van der Waals surface area contributed by atoms with Crippen LogP contribution in [0.25, 0.3) is 0 Å². The first kappa shape index (κ1) is 21.0. The van der Waals surface area contributed by atoms with Gasteiger partial charge in [-0.25, -0.2) is 0 Å². The molecular weight excluding hydrogens is 335 g/mol. The summed E-state index contributed by atoms with van der Waals surface area (Å²) in [7, 11) is 0. The number of aliphatic carboxylic acids is 1. The minimum atomic E-state index is -0.950. The molecule has 0 aromatic heterocycles. The zero-order valence-electron chi connectivity index (χ0n) is 15.6. The van der Waals surface area contributed by atoms with Crippen LogP contribution in [0.15, 0.2) is 54.6 Å². The molecule has 1 heterocycles. The molecule has 1 saturated heterocycles. The van der Waals surface area contributed by atoms with E-state index in [4.69, 9.17) is 0 Å². The minimum absolute atomic E-state index is 0. The molecule has 132 valence electrons. The fraction of sp³-hybridized carbons (Fsp3) is 0.381. The molecule has 26 heavy (non-hydrogen) atoms. The van der Waals surface area contributed by atoms with Gasteiger partial charge in [-0.05, 0) is 49.1 Å². The Labute approximate surface area is 178 Å². The smallest absolute Gasteiger partial charge is 0.550 e. The molecule has 0 bridgehead atoms. The molecule has 3 rings (SSSR count). The van der Waals surface area contributed by atoms with Gasteiger partial charge in [-0.1, -0.05) is 42.5 Å². The largest absolute Gasteiger partial charge is 1.00 e. The number of piperazine rings is 1. The predicted molar refractivity (Wildman–Crippen MR) is 98.6 cm³/mol. The van der Waals surface area contributed by atoms with E-state index < -0.39 is 5.97 Å². The number of benzene rings is 2. The van der Waals surface area contributed by atoms with Crippen LogP contribution < -0.4 is 39.6 Å². The third kappa shape index (κ3) is 6.44. The maximum absolute atomic E-state index is 10.5. The number of nitrogens with zero attached hydrogens (tertiary/aromatic N) is 2. The van der Waals surface area contributed by atoms with Crippen molar-refractivity contribution in [1.82, 2.24) is 4.90 Å². The molecule has 1 aliphatic rings. The van der Waals surface area contributed by atoms with E-state index in [0.29, 0.717) is 6.42 Å². The van der Waals surface area contributed by atoms with Crippen molar-refractivity contribution in [3.05, 3.63) is 65.7 Å². The second kappa shape index (κ2) is 10.7. The average Bonchev–Trinajstić information content (AvgIpc) is 2.64. The number of carboxylic acids is 1. The van der Waals surface area contributed by atoms with Crippen LogP contribution in [0, 0.1) is 0 Å². The summed E-state index contributed by atoms with van der Waals surface area (Å²) in [5, 5.41) is 10.5. The first-order chi connectivity index (χ1) is 12.2. The van der Waals surface area contributed by atoms with Crippen LogP contribution in [0.5, 0.6) is 0 Å². The molecule has 1 fully saturated rings. The van der Waals surface area contributed by atoms with Crippen molar-refractivity contribution in [2.24, 2.45) is 0 Å². The summed E-state index contributed by atoms with van der Waals surface area (Å²) in [5.41, 5.74) is 3.93. The number of carbonyl (C=O) groups excluding carboxylic acids is 1.